The van der Waals surface area contributed by atoms with Crippen molar-refractivity contribution in [1.82, 2.24) is 10.0 Å². The first-order valence-electron chi connectivity index (χ1n) is 6.61. The minimum absolute atomic E-state index is 0.264. The minimum atomic E-state index is -3.49. The molecule has 1 aliphatic heterocycles. The fourth-order valence-corrected chi connectivity index (χ4v) is 3.97. The molecule has 2 aromatic carbocycles. The first-order chi connectivity index (χ1) is 10.0. The Morgan fingerprint density at radius 1 is 1.10 bits per heavy atom. The van der Waals surface area contributed by atoms with Crippen LogP contribution in [-0.4, -0.2) is 8.42 Å². The van der Waals surface area contributed by atoms with Crippen LogP contribution in [0.15, 0.2) is 51.8 Å². The monoisotopic (exact) mass is 366 g/mol. The van der Waals surface area contributed by atoms with Gasteiger partial charge >= 0.3 is 0 Å². The number of nitrogens with one attached hydrogen (secondary N) is 2. The maximum Gasteiger partial charge on any atom is 0.240 e. The van der Waals surface area contributed by atoms with E-state index in [1.165, 1.54) is 11.1 Å². The van der Waals surface area contributed by atoms with Crippen LogP contribution in [0.5, 0.6) is 0 Å². The number of fused-ring (bicyclic) bond motifs is 1. The van der Waals surface area contributed by atoms with Crippen LogP contribution in [-0.2, 0) is 29.7 Å². The number of hydrogen-bond acceptors (Lipinski definition) is 3. The van der Waals surface area contributed by atoms with Gasteiger partial charge in [-0.1, -0.05) is 40.2 Å². The summed E-state index contributed by atoms with van der Waals surface area (Å²) >= 11 is 3.29. The van der Waals surface area contributed by atoms with Gasteiger partial charge in [-0.25, -0.2) is 13.1 Å². The molecule has 110 valence electrons. The topological polar surface area (TPSA) is 58.2 Å². The van der Waals surface area contributed by atoms with E-state index in [1.54, 1.807) is 24.3 Å². The molecule has 0 spiro atoms. The molecule has 0 saturated heterocycles. The van der Waals surface area contributed by atoms with Gasteiger partial charge in [-0.05, 0) is 34.9 Å². The van der Waals surface area contributed by atoms with Crippen molar-refractivity contribution in [3.8, 4) is 0 Å². The fourth-order valence-electron chi connectivity index (χ4n) is 2.35. The fraction of sp³-hybridized carbons (Fsp3) is 0.200. The molecule has 0 unspecified atom stereocenters. The molecule has 0 bridgehead atoms. The largest absolute Gasteiger partial charge is 0.309 e. The molecule has 4 nitrogen and oxygen atoms in total. The van der Waals surface area contributed by atoms with Crippen LogP contribution in [0.3, 0.4) is 0 Å². The molecule has 6 heteroatoms. The Balaban J connectivity index is 1.75. The van der Waals surface area contributed by atoms with Gasteiger partial charge in [-0.15, -0.1) is 0 Å². The molecule has 0 radical (unpaired) electrons. The van der Waals surface area contributed by atoms with Crippen LogP contribution in [0, 0.1) is 0 Å². The third kappa shape index (κ3) is 3.35. The summed E-state index contributed by atoms with van der Waals surface area (Å²) in [6.45, 7) is 2.03. The van der Waals surface area contributed by atoms with Crippen LogP contribution in [0.1, 0.15) is 16.7 Å². The number of hydrogen-bond donors (Lipinski definition) is 2. The zero-order valence-electron chi connectivity index (χ0n) is 11.3. The molecule has 1 aliphatic rings. The summed E-state index contributed by atoms with van der Waals surface area (Å²) in [5.74, 6) is 0. The summed E-state index contributed by atoms with van der Waals surface area (Å²) in [4.78, 5) is 0.264. The summed E-state index contributed by atoms with van der Waals surface area (Å²) in [5, 5.41) is 3.28. The van der Waals surface area contributed by atoms with Crippen LogP contribution in [0.4, 0.5) is 0 Å². The summed E-state index contributed by atoms with van der Waals surface area (Å²) in [6, 6.07) is 12.8. The molecule has 21 heavy (non-hydrogen) atoms. The summed E-state index contributed by atoms with van der Waals surface area (Å²) < 4.78 is 27.9. The van der Waals surface area contributed by atoms with E-state index in [0.29, 0.717) is 6.54 Å². The smallest absolute Gasteiger partial charge is 0.240 e. The van der Waals surface area contributed by atoms with Crippen molar-refractivity contribution in [1.29, 1.82) is 0 Å². The zero-order chi connectivity index (χ0) is 14.9. The van der Waals surface area contributed by atoms with E-state index in [4.69, 9.17) is 0 Å². The lowest BCUT2D eigenvalue weighted by molar-refractivity contribution is 0.581. The molecular weight excluding hydrogens is 352 g/mol. The van der Waals surface area contributed by atoms with Crippen molar-refractivity contribution in [2.45, 2.75) is 24.5 Å². The van der Waals surface area contributed by atoms with E-state index >= 15 is 0 Å². The van der Waals surface area contributed by atoms with E-state index in [0.717, 1.165) is 23.1 Å². The Hall–Kier alpha value is -1.21. The Morgan fingerprint density at radius 2 is 1.90 bits per heavy atom. The first kappa shape index (κ1) is 14.7. The zero-order valence-corrected chi connectivity index (χ0v) is 13.7. The highest BCUT2D eigenvalue weighted by atomic mass is 79.9. The molecule has 0 atom stereocenters. The van der Waals surface area contributed by atoms with Gasteiger partial charge in [0.05, 0.1) is 4.90 Å². The van der Waals surface area contributed by atoms with Crippen molar-refractivity contribution < 1.29 is 8.42 Å². The van der Waals surface area contributed by atoms with Crippen molar-refractivity contribution in [2.24, 2.45) is 0 Å². The van der Waals surface area contributed by atoms with E-state index in [-0.39, 0.29) is 4.90 Å². The minimum Gasteiger partial charge on any atom is -0.309 e. The van der Waals surface area contributed by atoms with Gasteiger partial charge in [0.25, 0.3) is 0 Å². The third-order valence-corrected chi connectivity index (χ3v) is 5.37. The van der Waals surface area contributed by atoms with Crippen LogP contribution < -0.4 is 10.0 Å². The average Bonchev–Trinajstić information content (AvgIpc) is 2.93. The van der Waals surface area contributed by atoms with Crippen molar-refractivity contribution in [3.05, 3.63) is 63.6 Å². The van der Waals surface area contributed by atoms with Crippen molar-refractivity contribution >= 4 is 26.0 Å². The third-order valence-electron chi connectivity index (χ3n) is 3.47. The van der Waals surface area contributed by atoms with E-state index in [1.807, 2.05) is 6.07 Å². The van der Waals surface area contributed by atoms with Gasteiger partial charge in [0.1, 0.15) is 0 Å². The van der Waals surface area contributed by atoms with Gasteiger partial charge in [-0.2, -0.15) is 0 Å². The quantitative estimate of drug-likeness (QED) is 0.873. The second-order valence-electron chi connectivity index (χ2n) is 4.99. The highest BCUT2D eigenvalue weighted by Crippen LogP contribution is 2.19. The molecular formula is C15H15BrN2O2S. The number of halogens is 1. The Labute approximate surface area is 132 Å². The molecule has 3 rings (SSSR count). The lowest BCUT2D eigenvalue weighted by atomic mass is 10.1. The first-order valence-corrected chi connectivity index (χ1v) is 8.89. The van der Waals surface area contributed by atoms with E-state index < -0.39 is 10.0 Å². The second-order valence-corrected chi connectivity index (χ2v) is 7.67. The summed E-state index contributed by atoms with van der Waals surface area (Å²) in [5.41, 5.74) is 3.50. The summed E-state index contributed by atoms with van der Waals surface area (Å²) in [6.07, 6.45) is 0. The number of rotatable bonds is 4. The second kappa shape index (κ2) is 5.88. The maximum absolute atomic E-state index is 12.2. The summed E-state index contributed by atoms with van der Waals surface area (Å²) in [7, 11) is -3.49. The number of sulfonamides is 1. The highest BCUT2D eigenvalue weighted by molar-refractivity contribution is 9.10. The molecule has 1 heterocycles. The Kier molecular flexibility index (Phi) is 4.12. The van der Waals surface area contributed by atoms with Crippen LogP contribution in [0.25, 0.3) is 0 Å². The van der Waals surface area contributed by atoms with Crippen LogP contribution >= 0.6 is 15.9 Å². The van der Waals surface area contributed by atoms with Crippen molar-refractivity contribution in [2.75, 3.05) is 0 Å². The molecule has 0 fully saturated rings. The van der Waals surface area contributed by atoms with Gasteiger partial charge in [0.2, 0.25) is 10.0 Å². The lowest BCUT2D eigenvalue weighted by Crippen LogP contribution is -2.23. The molecule has 0 aliphatic carbocycles. The molecule has 0 amide bonds. The molecule has 0 saturated carbocycles. The number of benzene rings is 2. The molecule has 2 aromatic rings. The van der Waals surface area contributed by atoms with E-state index in [9.17, 15) is 8.42 Å². The standard InChI is InChI=1S/C15H15BrN2O2S/c16-14-2-1-3-15(7-14)21(19,20)18-8-11-4-5-12-9-17-10-13(12)6-11/h1-7,17-18H,8-10H2. The SMILES string of the molecule is O=S(=O)(NCc1ccc2c(c1)CNC2)c1cccc(Br)c1. The van der Waals surface area contributed by atoms with E-state index in [2.05, 4.69) is 38.1 Å². The predicted molar refractivity (Wildman–Crippen MR) is 85.2 cm³/mol. The van der Waals surface area contributed by atoms with Gasteiger partial charge < -0.3 is 5.32 Å². The normalized spacial score (nSPS) is 14.1. The lowest BCUT2D eigenvalue weighted by Gasteiger charge is -2.08. The molecule has 2 N–H and O–H groups in total. The molecule has 0 aromatic heterocycles. The Bertz CT molecular complexity index is 775. The Morgan fingerprint density at radius 3 is 2.71 bits per heavy atom. The predicted octanol–water partition coefficient (Wildman–Crippen LogP) is 2.53. The van der Waals surface area contributed by atoms with Gasteiger partial charge in [0.15, 0.2) is 0 Å². The van der Waals surface area contributed by atoms with Gasteiger partial charge in [-0.3, -0.25) is 0 Å². The highest BCUT2D eigenvalue weighted by Gasteiger charge is 2.15. The van der Waals surface area contributed by atoms with Crippen molar-refractivity contribution in [3.63, 3.8) is 0 Å². The average molecular weight is 367 g/mol. The van der Waals surface area contributed by atoms with Gasteiger partial charge in [0, 0.05) is 24.1 Å². The van der Waals surface area contributed by atoms with Crippen LogP contribution in [0.2, 0.25) is 0 Å². The maximum atomic E-state index is 12.2.